The van der Waals surface area contributed by atoms with Crippen LogP contribution in [0.4, 0.5) is 5.69 Å². The van der Waals surface area contributed by atoms with Gasteiger partial charge in [0, 0.05) is 12.1 Å². The lowest BCUT2D eigenvalue weighted by atomic mass is 9.82. The second kappa shape index (κ2) is 6.61. The van der Waals surface area contributed by atoms with Gasteiger partial charge in [-0.1, -0.05) is 25.4 Å². The summed E-state index contributed by atoms with van der Waals surface area (Å²) < 4.78 is 0. The van der Waals surface area contributed by atoms with Gasteiger partial charge in [0.1, 0.15) is 0 Å². The van der Waals surface area contributed by atoms with Gasteiger partial charge in [-0.15, -0.1) is 0 Å². The lowest BCUT2D eigenvalue weighted by Crippen LogP contribution is -2.42. The van der Waals surface area contributed by atoms with Crippen molar-refractivity contribution in [3.63, 3.8) is 0 Å². The summed E-state index contributed by atoms with van der Waals surface area (Å²) in [7, 11) is 0. The predicted molar refractivity (Wildman–Crippen MR) is 78.8 cm³/mol. The molecule has 0 saturated heterocycles. The minimum absolute atomic E-state index is 0.0795. The van der Waals surface area contributed by atoms with Crippen molar-refractivity contribution in [2.24, 2.45) is 5.41 Å². The predicted octanol–water partition coefficient (Wildman–Crippen LogP) is 2.54. The molecule has 0 aliphatic heterocycles. The number of halogens is 1. The molecule has 1 aromatic rings. The molecule has 0 aromatic heterocycles. The normalized spacial score (nSPS) is 11.2. The number of amides is 1. The molecule has 0 fully saturated rings. The molecule has 0 saturated carbocycles. The van der Waals surface area contributed by atoms with Gasteiger partial charge in [0.05, 0.1) is 16.1 Å². The Morgan fingerprint density at radius 3 is 2.40 bits per heavy atom. The highest BCUT2D eigenvalue weighted by atomic mass is 35.5. The fourth-order valence-corrected chi connectivity index (χ4v) is 2.08. The van der Waals surface area contributed by atoms with E-state index in [-0.39, 0.29) is 12.5 Å². The van der Waals surface area contributed by atoms with Gasteiger partial charge < -0.3 is 16.2 Å². The van der Waals surface area contributed by atoms with E-state index in [1.165, 1.54) is 6.07 Å². The molecule has 1 rings (SSSR count). The van der Waals surface area contributed by atoms with Crippen LogP contribution in [0.2, 0.25) is 5.02 Å². The maximum absolute atomic E-state index is 12.0. The fourth-order valence-electron chi connectivity index (χ4n) is 1.90. The van der Waals surface area contributed by atoms with Crippen LogP contribution < -0.4 is 11.1 Å². The number of anilines is 1. The van der Waals surface area contributed by atoms with E-state index >= 15 is 0 Å². The molecule has 0 bridgehead atoms. The SMILES string of the molecule is CCC(CC)(CNC(=O)c1ccc(N)c(Cl)c1)C(=O)O. The van der Waals surface area contributed by atoms with Crippen molar-refractivity contribution in [2.45, 2.75) is 26.7 Å². The van der Waals surface area contributed by atoms with E-state index < -0.39 is 11.4 Å². The van der Waals surface area contributed by atoms with Gasteiger partial charge in [-0.2, -0.15) is 0 Å². The van der Waals surface area contributed by atoms with Crippen molar-refractivity contribution < 1.29 is 14.7 Å². The molecule has 1 amide bonds. The second-order valence-corrected chi connectivity index (χ2v) is 5.12. The van der Waals surface area contributed by atoms with Crippen LogP contribution in [-0.2, 0) is 4.79 Å². The van der Waals surface area contributed by atoms with Crippen LogP contribution in [0.1, 0.15) is 37.0 Å². The first kappa shape index (κ1) is 16.3. The van der Waals surface area contributed by atoms with Gasteiger partial charge in [-0.05, 0) is 31.0 Å². The molecule has 4 N–H and O–H groups in total. The molecular weight excluding hydrogens is 280 g/mol. The molecule has 20 heavy (non-hydrogen) atoms. The number of carbonyl (C=O) groups excluding carboxylic acids is 1. The van der Waals surface area contributed by atoms with Crippen LogP contribution in [0.15, 0.2) is 18.2 Å². The molecule has 5 nitrogen and oxygen atoms in total. The Labute approximate surface area is 123 Å². The van der Waals surface area contributed by atoms with E-state index in [4.69, 9.17) is 17.3 Å². The molecule has 1 aromatic carbocycles. The Bertz CT molecular complexity index is 513. The van der Waals surface area contributed by atoms with Gasteiger partial charge >= 0.3 is 5.97 Å². The van der Waals surface area contributed by atoms with Gasteiger partial charge in [-0.25, -0.2) is 0 Å². The Kier molecular flexibility index (Phi) is 5.39. The highest BCUT2D eigenvalue weighted by Crippen LogP contribution is 2.26. The summed E-state index contributed by atoms with van der Waals surface area (Å²) in [6.45, 7) is 3.67. The second-order valence-electron chi connectivity index (χ2n) is 4.71. The van der Waals surface area contributed by atoms with Gasteiger partial charge in [0.15, 0.2) is 0 Å². The van der Waals surface area contributed by atoms with Gasteiger partial charge in [0.2, 0.25) is 0 Å². The Morgan fingerprint density at radius 2 is 1.95 bits per heavy atom. The summed E-state index contributed by atoms with van der Waals surface area (Å²) in [6, 6.07) is 4.56. The van der Waals surface area contributed by atoms with Crippen LogP contribution >= 0.6 is 11.6 Å². The number of nitrogen functional groups attached to an aromatic ring is 1. The van der Waals surface area contributed by atoms with E-state index in [1.807, 2.05) is 0 Å². The third-order valence-electron chi connectivity index (χ3n) is 3.66. The number of hydrogen-bond acceptors (Lipinski definition) is 3. The molecule has 0 spiro atoms. The monoisotopic (exact) mass is 298 g/mol. The number of nitrogens with two attached hydrogens (primary N) is 1. The number of carbonyl (C=O) groups is 2. The van der Waals surface area contributed by atoms with Crippen molar-refractivity contribution in [1.82, 2.24) is 5.32 Å². The number of carboxylic acid groups (broad SMARTS) is 1. The van der Waals surface area contributed by atoms with Crippen molar-refractivity contribution in [3.8, 4) is 0 Å². The average Bonchev–Trinajstić information content (AvgIpc) is 2.43. The number of rotatable bonds is 6. The highest BCUT2D eigenvalue weighted by Gasteiger charge is 2.35. The number of nitrogens with one attached hydrogen (secondary N) is 1. The molecular formula is C14H19ClN2O3. The highest BCUT2D eigenvalue weighted by molar-refractivity contribution is 6.33. The zero-order valence-corrected chi connectivity index (χ0v) is 12.3. The number of benzene rings is 1. The first-order chi connectivity index (χ1) is 9.36. The Hall–Kier alpha value is -1.75. The topological polar surface area (TPSA) is 92.4 Å². The van der Waals surface area contributed by atoms with E-state index in [1.54, 1.807) is 26.0 Å². The maximum Gasteiger partial charge on any atom is 0.311 e. The molecule has 6 heteroatoms. The standard InChI is InChI=1S/C14H19ClN2O3/c1-3-14(4-2,13(19)20)8-17-12(18)9-5-6-11(16)10(15)7-9/h5-7H,3-4,8,16H2,1-2H3,(H,17,18)(H,19,20). The molecule has 0 heterocycles. The summed E-state index contributed by atoms with van der Waals surface area (Å²) in [5.41, 5.74) is 5.39. The lowest BCUT2D eigenvalue weighted by Gasteiger charge is -2.26. The van der Waals surface area contributed by atoms with Crippen molar-refractivity contribution in [2.75, 3.05) is 12.3 Å². The zero-order chi connectivity index (χ0) is 15.3. The summed E-state index contributed by atoms with van der Waals surface area (Å²) in [5.74, 6) is -1.27. The van der Waals surface area contributed by atoms with Crippen LogP contribution in [0.25, 0.3) is 0 Å². The van der Waals surface area contributed by atoms with Crippen molar-refractivity contribution in [3.05, 3.63) is 28.8 Å². The molecule has 0 aliphatic carbocycles. The number of carboxylic acids is 1. The maximum atomic E-state index is 12.0. The van der Waals surface area contributed by atoms with E-state index in [0.717, 1.165) is 0 Å². The molecule has 110 valence electrons. The summed E-state index contributed by atoms with van der Waals surface area (Å²) in [5, 5.41) is 12.2. The molecule has 0 unspecified atom stereocenters. The lowest BCUT2D eigenvalue weighted by molar-refractivity contribution is -0.149. The fraction of sp³-hybridized carbons (Fsp3) is 0.429. The Balaban J connectivity index is 2.80. The first-order valence-electron chi connectivity index (χ1n) is 6.43. The zero-order valence-electron chi connectivity index (χ0n) is 11.6. The van der Waals surface area contributed by atoms with Crippen LogP contribution in [0.5, 0.6) is 0 Å². The van der Waals surface area contributed by atoms with E-state index in [2.05, 4.69) is 5.32 Å². The van der Waals surface area contributed by atoms with Crippen LogP contribution in [-0.4, -0.2) is 23.5 Å². The third-order valence-corrected chi connectivity index (χ3v) is 3.98. The summed E-state index contributed by atoms with van der Waals surface area (Å²) >= 11 is 5.85. The van der Waals surface area contributed by atoms with Gasteiger partial charge in [0.25, 0.3) is 5.91 Å². The average molecular weight is 299 g/mol. The van der Waals surface area contributed by atoms with Crippen LogP contribution in [0, 0.1) is 5.41 Å². The Morgan fingerprint density at radius 1 is 1.35 bits per heavy atom. The van der Waals surface area contributed by atoms with E-state index in [0.29, 0.717) is 29.1 Å². The molecule has 0 radical (unpaired) electrons. The summed E-state index contributed by atoms with van der Waals surface area (Å²) in [4.78, 5) is 23.3. The molecule has 0 aliphatic rings. The number of hydrogen-bond donors (Lipinski definition) is 3. The largest absolute Gasteiger partial charge is 0.481 e. The molecule has 0 atom stereocenters. The van der Waals surface area contributed by atoms with Crippen molar-refractivity contribution >= 4 is 29.2 Å². The van der Waals surface area contributed by atoms with Crippen molar-refractivity contribution in [1.29, 1.82) is 0 Å². The number of aliphatic carboxylic acids is 1. The first-order valence-corrected chi connectivity index (χ1v) is 6.80. The smallest absolute Gasteiger partial charge is 0.311 e. The minimum Gasteiger partial charge on any atom is -0.481 e. The van der Waals surface area contributed by atoms with Crippen LogP contribution in [0.3, 0.4) is 0 Å². The third kappa shape index (κ3) is 3.42. The quantitative estimate of drug-likeness (QED) is 0.704. The summed E-state index contributed by atoms with van der Waals surface area (Å²) in [6.07, 6.45) is 0.892. The van der Waals surface area contributed by atoms with Gasteiger partial charge in [-0.3, -0.25) is 9.59 Å². The van der Waals surface area contributed by atoms with E-state index in [9.17, 15) is 14.7 Å². The minimum atomic E-state index is -0.937.